The van der Waals surface area contributed by atoms with Gasteiger partial charge in [-0.1, -0.05) is 32.0 Å². The summed E-state index contributed by atoms with van der Waals surface area (Å²) in [5, 5.41) is 1.22. The summed E-state index contributed by atoms with van der Waals surface area (Å²) in [6, 6.07) is 12.4. The second-order valence-electron chi connectivity index (χ2n) is 8.07. The zero-order chi connectivity index (χ0) is 20.4. The Morgan fingerprint density at radius 1 is 1.07 bits per heavy atom. The highest BCUT2D eigenvalue weighted by molar-refractivity contribution is 5.80. The Kier molecular flexibility index (Phi) is 5.51. The number of nitrogens with zero attached hydrogens (tertiary/aromatic N) is 5. The van der Waals surface area contributed by atoms with Crippen LogP contribution in [0.5, 0.6) is 0 Å². The SMILES string of the molecule is Cc1cc(N2CCN(C(=O)CCn3ccc4ccccc43)CC2)nc(C(C)C)n1. The maximum absolute atomic E-state index is 12.7. The van der Waals surface area contributed by atoms with E-state index in [-0.39, 0.29) is 5.91 Å². The number of hydrogen-bond acceptors (Lipinski definition) is 4. The number of para-hydroxylation sites is 1. The molecule has 29 heavy (non-hydrogen) atoms. The molecule has 6 nitrogen and oxygen atoms in total. The summed E-state index contributed by atoms with van der Waals surface area (Å²) in [7, 11) is 0. The van der Waals surface area contributed by atoms with Crippen LogP contribution in [0.3, 0.4) is 0 Å². The van der Waals surface area contributed by atoms with Crippen LogP contribution >= 0.6 is 0 Å². The molecule has 1 aliphatic rings. The zero-order valence-electron chi connectivity index (χ0n) is 17.5. The van der Waals surface area contributed by atoms with Crippen molar-refractivity contribution in [2.45, 2.75) is 39.7 Å². The first-order valence-corrected chi connectivity index (χ1v) is 10.4. The van der Waals surface area contributed by atoms with Gasteiger partial charge in [0.2, 0.25) is 5.91 Å². The predicted octanol–water partition coefficient (Wildman–Crippen LogP) is 3.60. The van der Waals surface area contributed by atoms with E-state index in [1.165, 1.54) is 10.9 Å². The Morgan fingerprint density at radius 3 is 2.59 bits per heavy atom. The van der Waals surface area contributed by atoms with Crippen molar-refractivity contribution in [1.29, 1.82) is 0 Å². The fourth-order valence-electron chi connectivity index (χ4n) is 3.89. The molecular weight excluding hydrogens is 362 g/mol. The summed E-state index contributed by atoms with van der Waals surface area (Å²) >= 11 is 0. The lowest BCUT2D eigenvalue weighted by Crippen LogP contribution is -2.49. The summed E-state index contributed by atoms with van der Waals surface area (Å²) in [6.45, 7) is 10.1. The van der Waals surface area contributed by atoms with Gasteiger partial charge >= 0.3 is 0 Å². The topological polar surface area (TPSA) is 54.3 Å². The van der Waals surface area contributed by atoms with E-state index in [4.69, 9.17) is 4.98 Å². The van der Waals surface area contributed by atoms with E-state index in [1.54, 1.807) is 0 Å². The van der Waals surface area contributed by atoms with Gasteiger partial charge in [-0.2, -0.15) is 0 Å². The average molecular weight is 392 g/mol. The monoisotopic (exact) mass is 391 g/mol. The average Bonchev–Trinajstić information content (AvgIpc) is 3.15. The van der Waals surface area contributed by atoms with Crippen molar-refractivity contribution in [2.75, 3.05) is 31.1 Å². The maximum Gasteiger partial charge on any atom is 0.224 e. The van der Waals surface area contributed by atoms with Crippen LogP contribution in [0.25, 0.3) is 10.9 Å². The molecule has 0 saturated carbocycles. The first-order chi connectivity index (χ1) is 14.0. The molecule has 1 aromatic carbocycles. The number of amides is 1. The lowest BCUT2D eigenvalue weighted by molar-refractivity contribution is -0.131. The minimum absolute atomic E-state index is 0.226. The van der Waals surface area contributed by atoms with E-state index < -0.39 is 0 Å². The van der Waals surface area contributed by atoms with Gasteiger partial charge in [0.05, 0.1) is 0 Å². The van der Waals surface area contributed by atoms with Crippen LogP contribution in [0.2, 0.25) is 0 Å². The molecule has 1 fully saturated rings. The highest BCUT2D eigenvalue weighted by atomic mass is 16.2. The third-order valence-corrected chi connectivity index (χ3v) is 5.58. The standard InChI is InChI=1S/C23H29N5O/c1-17(2)23-24-18(3)16-21(25-23)27-12-14-28(15-13-27)22(29)9-11-26-10-8-19-6-4-5-7-20(19)26/h4-8,10,16-17H,9,11-15H2,1-3H3. The van der Waals surface area contributed by atoms with Crippen molar-refractivity contribution in [3.8, 4) is 0 Å². The van der Waals surface area contributed by atoms with E-state index in [9.17, 15) is 4.79 Å². The number of fused-ring (bicyclic) bond motifs is 1. The highest BCUT2D eigenvalue weighted by Gasteiger charge is 2.22. The Balaban J connectivity index is 1.34. The Hall–Kier alpha value is -2.89. The molecule has 3 heterocycles. The van der Waals surface area contributed by atoms with Gasteiger partial charge in [-0.3, -0.25) is 4.79 Å². The summed E-state index contributed by atoms with van der Waals surface area (Å²) < 4.78 is 2.17. The number of piperazine rings is 1. The zero-order valence-corrected chi connectivity index (χ0v) is 17.5. The number of carbonyl (C=O) groups is 1. The van der Waals surface area contributed by atoms with Gasteiger partial charge in [-0.15, -0.1) is 0 Å². The van der Waals surface area contributed by atoms with Crippen molar-refractivity contribution < 1.29 is 4.79 Å². The summed E-state index contributed by atoms with van der Waals surface area (Å²) in [6.07, 6.45) is 2.60. The molecule has 1 saturated heterocycles. The molecule has 152 valence electrons. The molecule has 0 N–H and O–H groups in total. The van der Waals surface area contributed by atoms with Crippen LogP contribution < -0.4 is 4.90 Å². The van der Waals surface area contributed by atoms with Crippen LogP contribution in [0.1, 0.15) is 37.7 Å². The highest BCUT2D eigenvalue weighted by Crippen LogP contribution is 2.19. The van der Waals surface area contributed by atoms with E-state index in [1.807, 2.05) is 30.0 Å². The second-order valence-corrected chi connectivity index (χ2v) is 8.07. The van der Waals surface area contributed by atoms with Gasteiger partial charge in [-0.05, 0) is 24.4 Å². The third-order valence-electron chi connectivity index (χ3n) is 5.58. The van der Waals surface area contributed by atoms with Gasteiger partial charge in [0, 0.05) is 68.5 Å². The van der Waals surface area contributed by atoms with Crippen molar-refractivity contribution in [2.24, 2.45) is 0 Å². The quantitative estimate of drug-likeness (QED) is 0.667. The predicted molar refractivity (Wildman–Crippen MR) is 116 cm³/mol. The third kappa shape index (κ3) is 4.26. The second kappa shape index (κ2) is 8.23. The molecule has 1 amide bonds. The minimum Gasteiger partial charge on any atom is -0.353 e. The number of benzene rings is 1. The lowest BCUT2D eigenvalue weighted by atomic mass is 10.2. The molecule has 0 unspecified atom stereocenters. The van der Waals surface area contributed by atoms with Crippen LogP contribution in [0.15, 0.2) is 42.6 Å². The number of aromatic nitrogens is 3. The van der Waals surface area contributed by atoms with Gasteiger partial charge in [0.15, 0.2) is 0 Å². The van der Waals surface area contributed by atoms with E-state index in [0.29, 0.717) is 12.3 Å². The number of rotatable bonds is 5. The molecule has 0 radical (unpaired) electrons. The molecule has 6 heteroatoms. The normalized spacial score (nSPS) is 14.8. The largest absolute Gasteiger partial charge is 0.353 e. The molecule has 0 atom stereocenters. The molecule has 1 aliphatic heterocycles. The molecule has 2 aromatic heterocycles. The molecule has 0 bridgehead atoms. The van der Waals surface area contributed by atoms with Crippen LogP contribution in [0, 0.1) is 6.92 Å². The fourth-order valence-corrected chi connectivity index (χ4v) is 3.89. The van der Waals surface area contributed by atoms with Crippen LogP contribution in [0.4, 0.5) is 5.82 Å². The number of hydrogen-bond donors (Lipinski definition) is 0. The van der Waals surface area contributed by atoms with Crippen molar-refractivity contribution in [3.63, 3.8) is 0 Å². The van der Waals surface area contributed by atoms with Gasteiger partial charge in [0.25, 0.3) is 0 Å². The van der Waals surface area contributed by atoms with Crippen LogP contribution in [-0.2, 0) is 11.3 Å². The van der Waals surface area contributed by atoms with E-state index in [2.05, 4.69) is 52.7 Å². The summed E-state index contributed by atoms with van der Waals surface area (Å²) in [5.74, 6) is 2.40. The molecule has 0 aliphatic carbocycles. The van der Waals surface area contributed by atoms with Gasteiger partial charge < -0.3 is 14.4 Å². The Morgan fingerprint density at radius 2 is 1.83 bits per heavy atom. The van der Waals surface area contributed by atoms with E-state index >= 15 is 0 Å². The van der Waals surface area contributed by atoms with Gasteiger partial charge in [0.1, 0.15) is 11.6 Å². The van der Waals surface area contributed by atoms with E-state index in [0.717, 1.165) is 50.1 Å². The number of aryl methyl sites for hydroxylation is 2. The van der Waals surface area contributed by atoms with Crippen LogP contribution in [-0.4, -0.2) is 51.5 Å². The molecule has 4 rings (SSSR count). The molecular formula is C23H29N5O. The number of carbonyl (C=O) groups excluding carboxylic acids is 1. The minimum atomic E-state index is 0.226. The maximum atomic E-state index is 12.7. The van der Waals surface area contributed by atoms with Crippen molar-refractivity contribution in [1.82, 2.24) is 19.4 Å². The summed E-state index contributed by atoms with van der Waals surface area (Å²) in [5.41, 5.74) is 2.18. The van der Waals surface area contributed by atoms with Crippen molar-refractivity contribution in [3.05, 3.63) is 54.1 Å². The van der Waals surface area contributed by atoms with Crippen molar-refractivity contribution >= 4 is 22.6 Å². The molecule has 0 spiro atoms. The number of anilines is 1. The Labute approximate surface area is 172 Å². The first kappa shape index (κ1) is 19.4. The fraction of sp³-hybridized carbons (Fsp3) is 0.435. The molecule has 3 aromatic rings. The Bertz CT molecular complexity index is 1000. The lowest BCUT2D eigenvalue weighted by Gasteiger charge is -2.35. The van der Waals surface area contributed by atoms with Gasteiger partial charge in [-0.25, -0.2) is 9.97 Å². The summed E-state index contributed by atoms with van der Waals surface area (Å²) in [4.78, 5) is 26.3. The first-order valence-electron chi connectivity index (χ1n) is 10.4. The smallest absolute Gasteiger partial charge is 0.224 e.